The van der Waals surface area contributed by atoms with Gasteiger partial charge in [0.15, 0.2) is 0 Å². The van der Waals surface area contributed by atoms with Crippen LogP contribution in [0.4, 0.5) is 0 Å². The molecular weight excluding hydrogens is 182 g/mol. The van der Waals surface area contributed by atoms with Crippen LogP contribution in [0.25, 0.3) is 0 Å². The molecule has 0 aromatic heterocycles. The average molecular weight is 207 g/mol. The Hall–Kier alpha value is -0.300. The molecule has 1 heteroatoms. The van der Waals surface area contributed by atoms with Crippen molar-refractivity contribution < 1.29 is 0 Å². The molecule has 2 unspecified atom stereocenters. The Morgan fingerprint density at radius 1 is 1.47 bits per heavy atom. The van der Waals surface area contributed by atoms with Crippen LogP contribution in [0.2, 0.25) is 0 Å². The number of allylic oxidation sites excluding steroid dienone is 2. The third kappa shape index (κ3) is 1.56. The summed E-state index contributed by atoms with van der Waals surface area (Å²) in [7, 11) is 0. The van der Waals surface area contributed by atoms with Crippen LogP contribution in [-0.4, -0.2) is 6.54 Å². The Morgan fingerprint density at radius 2 is 2.13 bits per heavy atom. The largest absolute Gasteiger partial charge is 0.330 e. The van der Waals surface area contributed by atoms with Crippen LogP contribution < -0.4 is 5.73 Å². The molecule has 2 atom stereocenters. The Balaban J connectivity index is 2.21. The fourth-order valence-corrected chi connectivity index (χ4v) is 3.61. The first-order chi connectivity index (χ1) is 6.89. The van der Waals surface area contributed by atoms with Gasteiger partial charge in [0.05, 0.1) is 0 Å². The molecule has 0 amide bonds. The van der Waals surface area contributed by atoms with Crippen molar-refractivity contribution in [1.82, 2.24) is 0 Å². The molecule has 3 aliphatic carbocycles. The fourth-order valence-electron chi connectivity index (χ4n) is 3.61. The van der Waals surface area contributed by atoms with Gasteiger partial charge in [-0.1, -0.05) is 39.3 Å². The van der Waals surface area contributed by atoms with Gasteiger partial charge in [-0.05, 0) is 48.5 Å². The maximum absolute atomic E-state index is 5.72. The van der Waals surface area contributed by atoms with Crippen LogP contribution in [0.5, 0.6) is 0 Å². The first-order valence-electron chi connectivity index (χ1n) is 6.30. The highest BCUT2D eigenvalue weighted by Crippen LogP contribution is 2.62. The molecule has 2 bridgehead atoms. The van der Waals surface area contributed by atoms with Crippen molar-refractivity contribution in [2.45, 2.75) is 47.0 Å². The summed E-state index contributed by atoms with van der Waals surface area (Å²) < 4.78 is 0. The van der Waals surface area contributed by atoms with Crippen LogP contribution in [0.3, 0.4) is 0 Å². The third-order valence-electron chi connectivity index (χ3n) is 5.02. The Morgan fingerprint density at radius 3 is 2.60 bits per heavy atom. The van der Waals surface area contributed by atoms with Gasteiger partial charge < -0.3 is 5.73 Å². The first-order valence-corrected chi connectivity index (χ1v) is 6.30. The lowest BCUT2D eigenvalue weighted by atomic mass is 9.46. The van der Waals surface area contributed by atoms with Crippen LogP contribution in [0.1, 0.15) is 47.0 Å². The van der Waals surface area contributed by atoms with Crippen molar-refractivity contribution >= 4 is 0 Å². The lowest BCUT2D eigenvalue weighted by Gasteiger charge is -2.59. The third-order valence-corrected chi connectivity index (χ3v) is 5.02. The smallest absolute Gasteiger partial charge is 0.00691 e. The van der Waals surface area contributed by atoms with Crippen molar-refractivity contribution in [1.29, 1.82) is 0 Å². The quantitative estimate of drug-likeness (QED) is 0.706. The SMILES string of the molecule is CC(C)(CCN)C1=CCC2CC1C2(C)C. The molecule has 2 N–H and O–H groups in total. The predicted molar refractivity (Wildman–Crippen MR) is 65.5 cm³/mol. The van der Waals surface area contributed by atoms with Crippen molar-refractivity contribution in [2.24, 2.45) is 28.4 Å². The van der Waals surface area contributed by atoms with E-state index < -0.39 is 0 Å². The lowest BCUT2D eigenvalue weighted by molar-refractivity contribution is -0.0194. The van der Waals surface area contributed by atoms with E-state index in [2.05, 4.69) is 33.8 Å². The number of rotatable bonds is 3. The van der Waals surface area contributed by atoms with Gasteiger partial charge in [-0.25, -0.2) is 0 Å². The van der Waals surface area contributed by atoms with Gasteiger partial charge >= 0.3 is 0 Å². The first kappa shape index (κ1) is 11.2. The highest BCUT2D eigenvalue weighted by Gasteiger charge is 2.53. The van der Waals surface area contributed by atoms with E-state index in [0.29, 0.717) is 10.8 Å². The van der Waals surface area contributed by atoms with Crippen molar-refractivity contribution in [3.8, 4) is 0 Å². The van der Waals surface area contributed by atoms with E-state index in [1.54, 1.807) is 5.57 Å². The zero-order valence-corrected chi connectivity index (χ0v) is 10.6. The molecular formula is C14H25N. The summed E-state index contributed by atoms with van der Waals surface area (Å²) in [5.74, 6) is 1.78. The van der Waals surface area contributed by atoms with Crippen LogP contribution >= 0.6 is 0 Å². The zero-order chi connectivity index (χ0) is 11.3. The summed E-state index contributed by atoms with van der Waals surface area (Å²) in [6.45, 7) is 10.4. The Bertz CT molecular complexity index is 286. The van der Waals surface area contributed by atoms with Gasteiger partial charge in [-0.15, -0.1) is 0 Å². The maximum atomic E-state index is 5.72. The highest BCUT2D eigenvalue weighted by molar-refractivity contribution is 5.28. The predicted octanol–water partition coefficient (Wildman–Crippen LogP) is 3.35. The normalized spacial score (nSPS) is 33.3. The summed E-state index contributed by atoms with van der Waals surface area (Å²) in [5.41, 5.74) is 8.29. The summed E-state index contributed by atoms with van der Waals surface area (Å²) in [6.07, 6.45) is 6.36. The summed E-state index contributed by atoms with van der Waals surface area (Å²) in [6, 6.07) is 0. The van der Waals surface area contributed by atoms with Gasteiger partial charge in [0.1, 0.15) is 0 Å². The maximum Gasteiger partial charge on any atom is -0.00691 e. The van der Waals surface area contributed by atoms with Gasteiger partial charge in [0.25, 0.3) is 0 Å². The van der Waals surface area contributed by atoms with E-state index in [-0.39, 0.29) is 0 Å². The lowest BCUT2D eigenvalue weighted by Crippen LogP contribution is -2.50. The van der Waals surface area contributed by atoms with Gasteiger partial charge in [0, 0.05) is 0 Å². The van der Waals surface area contributed by atoms with Crippen molar-refractivity contribution in [3.63, 3.8) is 0 Å². The highest BCUT2D eigenvalue weighted by atomic mass is 14.6. The van der Waals surface area contributed by atoms with Crippen molar-refractivity contribution in [3.05, 3.63) is 11.6 Å². The van der Waals surface area contributed by atoms with E-state index in [1.165, 1.54) is 12.8 Å². The molecule has 86 valence electrons. The van der Waals surface area contributed by atoms with E-state index in [9.17, 15) is 0 Å². The number of hydrogen-bond donors (Lipinski definition) is 1. The van der Waals surface area contributed by atoms with Crippen LogP contribution in [0, 0.1) is 22.7 Å². The fraction of sp³-hybridized carbons (Fsp3) is 0.857. The minimum absolute atomic E-state index is 0.322. The monoisotopic (exact) mass is 207 g/mol. The van der Waals surface area contributed by atoms with E-state index in [4.69, 9.17) is 5.73 Å². The molecule has 0 heterocycles. The Kier molecular flexibility index (Phi) is 2.50. The number of fused-ring (bicyclic) bond motifs is 1. The van der Waals surface area contributed by atoms with Gasteiger partial charge in [-0.3, -0.25) is 0 Å². The second-order valence-corrected chi connectivity index (χ2v) is 6.62. The van der Waals surface area contributed by atoms with E-state index >= 15 is 0 Å². The molecule has 0 radical (unpaired) electrons. The molecule has 1 fully saturated rings. The molecule has 1 nitrogen and oxygen atoms in total. The van der Waals surface area contributed by atoms with Gasteiger partial charge in [0.2, 0.25) is 0 Å². The second kappa shape index (κ2) is 3.35. The van der Waals surface area contributed by atoms with E-state index in [0.717, 1.165) is 24.8 Å². The summed E-state index contributed by atoms with van der Waals surface area (Å²) >= 11 is 0. The van der Waals surface area contributed by atoms with Crippen LogP contribution in [-0.2, 0) is 0 Å². The summed E-state index contributed by atoms with van der Waals surface area (Å²) in [5, 5.41) is 0. The molecule has 1 saturated carbocycles. The minimum atomic E-state index is 0.322. The molecule has 3 rings (SSSR count). The molecule has 3 aliphatic rings. The topological polar surface area (TPSA) is 26.0 Å². The molecule has 0 spiro atoms. The zero-order valence-electron chi connectivity index (χ0n) is 10.6. The minimum Gasteiger partial charge on any atom is -0.330 e. The molecule has 0 aromatic rings. The van der Waals surface area contributed by atoms with Crippen LogP contribution in [0.15, 0.2) is 11.6 Å². The standard InChI is InChI=1S/C14H25N/c1-13(2,7-8-15)11-6-5-10-9-12(11)14(10,3)4/h6,10,12H,5,7-9,15H2,1-4H3. The molecule has 0 aliphatic heterocycles. The number of nitrogens with two attached hydrogens (primary N) is 1. The molecule has 0 saturated heterocycles. The number of hydrogen-bond acceptors (Lipinski definition) is 1. The van der Waals surface area contributed by atoms with E-state index in [1.807, 2.05) is 0 Å². The Labute approximate surface area is 94.1 Å². The molecule has 15 heavy (non-hydrogen) atoms. The van der Waals surface area contributed by atoms with Gasteiger partial charge in [-0.2, -0.15) is 0 Å². The summed E-state index contributed by atoms with van der Waals surface area (Å²) in [4.78, 5) is 0. The molecule has 0 aromatic carbocycles. The second-order valence-electron chi connectivity index (χ2n) is 6.62. The average Bonchev–Trinajstić information content (AvgIpc) is 2.17. The van der Waals surface area contributed by atoms with Crippen molar-refractivity contribution in [2.75, 3.05) is 6.54 Å².